The lowest BCUT2D eigenvalue weighted by Gasteiger charge is -2.29. The first-order valence-corrected chi connectivity index (χ1v) is 11.5. The van der Waals surface area contributed by atoms with Gasteiger partial charge in [-0.15, -0.1) is 0 Å². The van der Waals surface area contributed by atoms with Crippen molar-refractivity contribution in [1.82, 2.24) is 8.87 Å². The Morgan fingerprint density at radius 2 is 1.69 bits per heavy atom. The molecule has 4 rings (SSSR count). The summed E-state index contributed by atoms with van der Waals surface area (Å²) in [6, 6.07) is 10.3. The van der Waals surface area contributed by atoms with Gasteiger partial charge in [0.1, 0.15) is 6.54 Å². The Morgan fingerprint density at radius 3 is 2.48 bits per heavy atom. The maximum absolute atomic E-state index is 13.0. The summed E-state index contributed by atoms with van der Waals surface area (Å²) in [6.45, 7) is 1.39. The highest BCUT2D eigenvalue weighted by atomic mass is 32.2. The van der Waals surface area contributed by atoms with E-state index in [1.165, 1.54) is 27.2 Å². The fourth-order valence-corrected chi connectivity index (χ4v) is 5.60. The van der Waals surface area contributed by atoms with E-state index in [4.69, 9.17) is 0 Å². The maximum Gasteiger partial charge on any atom is 0.251 e. The first kappa shape index (κ1) is 19.8. The van der Waals surface area contributed by atoms with Crippen LogP contribution in [0.15, 0.2) is 52.3 Å². The van der Waals surface area contributed by atoms with E-state index in [1.54, 1.807) is 4.90 Å². The SMILES string of the molecule is O=C(Cn1cc(S(=O)(=O)N2CCCCC2)ccc1=O)N1CCCc2ccccc21. The van der Waals surface area contributed by atoms with Gasteiger partial charge in [0.2, 0.25) is 15.9 Å². The predicted octanol–water partition coefficient (Wildman–Crippen LogP) is 2.00. The van der Waals surface area contributed by atoms with E-state index in [-0.39, 0.29) is 22.9 Å². The number of sulfonamides is 1. The fraction of sp³-hybridized carbons (Fsp3) is 0.429. The molecule has 2 aliphatic heterocycles. The third-order valence-electron chi connectivity index (χ3n) is 5.63. The minimum atomic E-state index is -3.66. The number of fused-ring (bicyclic) bond motifs is 1. The van der Waals surface area contributed by atoms with E-state index < -0.39 is 10.0 Å². The Balaban J connectivity index is 1.59. The number of carbonyl (C=O) groups excluding carboxylic acids is 1. The zero-order chi connectivity index (χ0) is 20.4. The molecule has 154 valence electrons. The second-order valence-electron chi connectivity index (χ2n) is 7.57. The number of para-hydroxylation sites is 1. The number of anilines is 1. The Hall–Kier alpha value is -2.45. The minimum Gasteiger partial charge on any atom is -0.311 e. The van der Waals surface area contributed by atoms with Gasteiger partial charge < -0.3 is 9.47 Å². The number of hydrogen-bond donors (Lipinski definition) is 0. The molecule has 1 saturated heterocycles. The zero-order valence-corrected chi connectivity index (χ0v) is 17.1. The summed E-state index contributed by atoms with van der Waals surface area (Å²) in [6.07, 6.45) is 5.79. The number of hydrogen-bond acceptors (Lipinski definition) is 4. The average molecular weight is 416 g/mol. The summed E-state index contributed by atoms with van der Waals surface area (Å²) >= 11 is 0. The van der Waals surface area contributed by atoms with Crippen LogP contribution in [-0.2, 0) is 27.8 Å². The molecule has 0 atom stereocenters. The summed E-state index contributed by atoms with van der Waals surface area (Å²) in [5.74, 6) is -0.216. The highest BCUT2D eigenvalue weighted by Gasteiger charge is 2.27. The molecule has 1 amide bonds. The van der Waals surface area contributed by atoms with Crippen molar-refractivity contribution in [3.05, 3.63) is 58.5 Å². The Kier molecular flexibility index (Phi) is 5.56. The van der Waals surface area contributed by atoms with Gasteiger partial charge in [-0.05, 0) is 43.4 Å². The van der Waals surface area contributed by atoms with Crippen LogP contribution in [0.1, 0.15) is 31.2 Å². The van der Waals surface area contributed by atoms with E-state index in [0.29, 0.717) is 19.6 Å². The zero-order valence-electron chi connectivity index (χ0n) is 16.3. The monoisotopic (exact) mass is 415 g/mol. The molecule has 2 aliphatic rings. The fourth-order valence-electron chi connectivity index (χ4n) is 4.06. The molecule has 2 aromatic rings. The number of pyridine rings is 1. The summed E-state index contributed by atoms with van der Waals surface area (Å²) in [5, 5.41) is 0. The number of benzene rings is 1. The van der Waals surface area contributed by atoms with Gasteiger partial charge in [-0.25, -0.2) is 8.42 Å². The number of rotatable bonds is 4. The van der Waals surface area contributed by atoms with Crippen molar-refractivity contribution in [3.8, 4) is 0 Å². The minimum absolute atomic E-state index is 0.0610. The van der Waals surface area contributed by atoms with Gasteiger partial charge in [-0.3, -0.25) is 9.59 Å². The number of nitrogens with zero attached hydrogens (tertiary/aromatic N) is 3. The topological polar surface area (TPSA) is 79.7 Å². The Bertz CT molecular complexity index is 1070. The molecule has 8 heteroatoms. The van der Waals surface area contributed by atoms with Crippen LogP contribution < -0.4 is 10.5 Å². The van der Waals surface area contributed by atoms with E-state index in [2.05, 4.69) is 0 Å². The smallest absolute Gasteiger partial charge is 0.251 e. The summed E-state index contributed by atoms with van der Waals surface area (Å²) < 4.78 is 28.5. The van der Waals surface area contributed by atoms with Crippen molar-refractivity contribution in [1.29, 1.82) is 0 Å². The first-order chi connectivity index (χ1) is 14.0. The number of amides is 1. The maximum atomic E-state index is 13.0. The van der Waals surface area contributed by atoms with E-state index >= 15 is 0 Å². The van der Waals surface area contributed by atoms with Crippen molar-refractivity contribution in [2.45, 2.75) is 43.5 Å². The molecule has 3 heterocycles. The molecule has 7 nitrogen and oxygen atoms in total. The lowest BCUT2D eigenvalue weighted by Crippen LogP contribution is -2.40. The summed E-state index contributed by atoms with van der Waals surface area (Å²) in [7, 11) is -3.66. The molecule has 0 unspecified atom stereocenters. The van der Waals surface area contributed by atoms with Gasteiger partial charge in [-0.1, -0.05) is 24.6 Å². The molecule has 0 spiro atoms. The molecule has 0 radical (unpaired) electrons. The van der Waals surface area contributed by atoms with E-state index in [9.17, 15) is 18.0 Å². The van der Waals surface area contributed by atoms with Crippen LogP contribution in [0.3, 0.4) is 0 Å². The predicted molar refractivity (Wildman–Crippen MR) is 110 cm³/mol. The highest BCUT2D eigenvalue weighted by molar-refractivity contribution is 7.89. The number of carbonyl (C=O) groups is 1. The molecular weight excluding hydrogens is 390 g/mol. The van der Waals surface area contributed by atoms with Gasteiger partial charge in [0.15, 0.2) is 0 Å². The lowest BCUT2D eigenvalue weighted by atomic mass is 10.0. The normalized spacial score (nSPS) is 17.7. The highest BCUT2D eigenvalue weighted by Crippen LogP contribution is 2.27. The van der Waals surface area contributed by atoms with E-state index in [1.807, 2.05) is 24.3 Å². The van der Waals surface area contributed by atoms with Gasteiger partial charge in [-0.2, -0.15) is 4.31 Å². The Labute approximate surface area is 170 Å². The Morgan fingerprint density at radius 1 is 0.931 bits per heavy atom. The molecule has 29 heavy (non-hydrogen) atoms. The van der Waals surface area contributed by atoms with Crippen LogP contribution in [0, 0.1) is 0 Å². The molecule has 0 saturated carbocycles. The molecule has 0 N–H and O–H groups in total. The summed E-state index contributed by atoms with van der Waals surface area (Å²) in [5.41, 5.74) is 1.59. The van der Waals surface area contributed by atoms with Crippen molar-refractivity contribution in [2.24, 2.45) is 0 Å². The molecule has 0 aliphatic carbocycles. The number of piperidine rings is 1. The van der Waals surface area contributed by atoms with Crippen LogP contribution >= 0.6 is 0 Å². The van der Waals surface area contributed by atoms with E-state index in [0.717, 1.165) is 43.4 Å². The number of aryl methyl sites for hydroxylation is 1. The largest absolute Gasteiger partial charge is 0.311 e. The summed E-state index contributed by atoms with van der Waals surface area (Å²) in [4.78, 5) is 27.0. The van der Waals surface area contributed by atoms with Gasteiger partial charge >= 0.3 is 0 Å². The second kappa shape index (κ2) is 8.12. The van der Waals surface area contributed by atoms with Crippen molar-refractivity contribution in [2.75, 3.05) is 24.5 Å². The first-order valence-electron chi connectivity index (χ1n) is 10.1. The van der Waals surface area contributed by atoms with Crippen molar-refractivity contribution in [3.63, 3.8) is 0 Å². The molecular formula is C21H25N3O4S. The standard InChI is InChI=1S/C21H25N3O4S/c25-20-11-10-18(29(27,28)23-12-4-1-5-13-23)15-22(20)16-21(26)24-14-6-8-17-7-2-3-9-19(17)24/h2-3,7,9-11,15H,1,4-6,8,12-14,16H2. The van der Waals surface area contributed by atoms with Crippen LogP contribution in [0.4, 0.5) is 5.69 Å². The molecule has 1 aromatic heterocycles. The lowest BCUT2D eigenvalue weighted by molar-refractivity contribution is -0.119. The molecule has 1 fully saturated rings. The van der Waals surface area contributed by atoms with Gasteiger partial charge in [0.05, 0.1) is 4.90 Å². The molecule has 1 aromatic carbocycles. The van der Waals surface area contributed by atoms with Crippen LogP contribution in [0.25, 0.3) is 0 Å². The quantitative estimate of drug-likeness (QED) is 0.765. The third kappa shape index (κ3) is 4.00. The third-order valence-corrected chi connectivity index (χ3v) is 7.51. The van der Waals surface area contributed by atoms with Gasteiger partial charge in [0, 0.05) is 37.6 Å². The van der Waals surface area contributed by atoms with Gasteiger partial charge in [0.25, 0.3) is 5.56 Å². The van der Waals surface area contributed by atoms with Crippen LogP contribution in [0.2, 0.25) is 0 Å². The molecule has 0 bridgehead atoms. The second-order valence-corrected chi connectivity index (χ2v) is 9.51. The van der Waals surface area contributed by atoms with Crippen LogP contribution in [0.5, 0.6) is 0 Å². The average Bonchev–Trinajstić information content (AvgIpc) is 2.75. The van der Waals surface area contributed by atoms with Crippen molar-refractivity contribution < 1.29 is 13.2 Å². The van der Waals surface area contributed by atoms with Crippen LogP contribution in [-0.4, -0.2) is 42.8 Å². The number of aromatic nitrogens is 1. The van der Waals surface area contributed by atoms with Crippen molar-refractivity contribution >= 4 is 21.6 Å².